The molecule has 0 aromatic rings. The number of Topliss-reactive ketones (excluding diaryl/α,β-unsaturated/α-hetero) is 4. The summed E-state index contributed by atoms with van der Waals surface area (Å²) in [4.78, 5) is 160. The van der Waals surface area contributed by atoms with Gasteiger partial charge in [-0.15, -0.1) is 47.0 Å². The van der Waals surface area contributed by atoms with Crippen LogP contribution in [0, 0.1) is 27.1 Å². The second kappa shape index (κ2) is 31.0. The van der Waals surface area contributed by atoms with Gasteiger partial charge >= 0.3 is 0 Å². The first-order valence-electron chi connectivity index (χ1n) is 27.9. The van der Waals surface area contributed by atoms with Crippen LogP contribution in [0.3, 0.4) is 0 Å². The number of rotatable bonds is 36. The van der Waals surface area contributed by atoms with E-state index < -0.39 is 48.1 Å². The fourth-order valence-corrected chi connectivity index (χ4v) is 13.6. The van der Waals surface area contributed by atoms with Gasteiger partial charge in [-0.2, -0.15) is 0 Å². The Kier molecular flexibility index (Phi) is 26.8. The lowest BCUT2D eigenvalue weighted by Gasteiger charge is -2.33. The molecule has 4 atom stereocenters. The summed E-state index contributed by atoms with van der Waals surface area (Å²) in [6, 6.07) is 0. The highest BCUT2D eigenvalue weighted by Crippen LogP contribution is 2.33. The van der Waals surface area contributed by atoms with Gasteiger partial charge in [0.2, 0.25) is 47.3 Å². The van der Waals surface area contributed by atoms with E-state index in [1.165, 1.54) is 66.6 Å². The van der Waals surface area contributed by atoms with E-state index in [9.17, 15) is 57.5 Å². The van der Waals surface area contributed by atoms with Crippen LogP contribution in [-0.2, 0) is 76.5 Å². The minimum Gasteiger partial charge on any atom is -0.381 e. The van der Waals surface area contributed by atoms with E-state index in [4.69, 9.17) is 18.9 Å². The fraction of sp³-hybridized carbons (Fsp3) is 0.789. The Balaban J connectivity index is 1.45. The topological polar surface area (TPSA) is 255 Å². The number of imide groups is 4. The van der Waals surface area contributed by atoms with Crippen LogP contribution in [0.1, 0.15) is 134 Å². The van der Waals surface area contributed by atoms with Crippen LogP contribution in [-0.4, -0.2) is 213 Å². The first kappa shape index (κ1) is 70.0. The number of hydrogen-bond donors (Lipinski definition) is 0. The Labute approximate surface area is 495 Å². The molecule has 4 saturated heterocycles. The molecule has 4 aliphatic rings. The van der Waals surface area contributed by atoms with Gasteiger partial charge in [0.15, 0.2) is 0 Å². The van der Waals surface area contributed by atoms with Gasteiger partial charge in [0.05, 0.1) is 75.9 Å². The molecule has 0 aromatic heterocycles. The van der Waals surface area contributed by atoms with Crippen molar-refractivity contribution in [2.24, 2.45) is 27.1 Å². The van der Waals surface area contributed by atoms with E-state index in [0.717, 1.165) is 0 Å². The van der Waals surface area contributed by atoms with Crippen molar-refractivity contribution >= 4 is 117 Å². The lowest BCUT2D eigenvalue weighted by Crippen LogP contribution is -2.43. The van der Waals surface area contributed by atoms with Gasteiger partial charge in [0.1, 0.15) is 23.1 Å². The van der Waals surface area contributed by atoms with Crippen molar-refractivity contribution in [2.75, 3.05) is 102 Å². The zero-order valence-corrected chi connectivity index (χ0v) is 53.0. The molecule has 24 heteroatoms. The van der Waals surface area contributed by atoms with Crippen molar-refractivity contribution in [1.82, 2.24) is 19.6 Å². The minimum atomic E-state index is -1.05. The number of ether oxygens (including phenoxy) is 4. The molecule has 0 aromatic carbocycles. The summed E-state index contributed by atoms with van der Waals surface area (Å²) in [6.07, 6.45) is 1.07. The van der Waals surface area contributed by atoms with Gasteiger partial charge in [0, 0.05) is 99.9 Å². The van der Waals surface area contributed by atoms with E-state index in [1.807, 2.05) is 0 Å². The molecule has 8 amide bonds. The van der Waals surface area contributed by atoms with Crippen LogP contribution < -0.4 is 0 Å². The number of ketones is 4. The number of likely N-dealkylation sites (tertiary alicyclic amines) is 4. The van der Waals surface area contributed by atoms with Crippen LogP contribution in [0.2, 0.25) is 0 Å². The minimum absolute atomic E-state index is 0.00878. The predicted molar refractivity (Wildman–Crippen MR) is 312 cm³/mol. The Bertz CT molecular complexity index is 2000. The lowest BCUT2D eigenvalue weighted by molar-refractivity contribution is -0.140. The van der Waals surface area contributed by atoms with Crippen LogP contribution in [0.25, 0.3) is 0 Å². The maximum Gasteiger partial charge on any atom is 0.242 e. The van der Waals surface area contributed by atoms with Crippen molar-refractivity contribution in [2.45, 2.75) is 155 Å². The molecule has 0 radical (unpaired) electrons. The third kappa shape index (κ3) is 21.5. The highest BCUT2D eigenvalue weighted by Gasteiger charge is 2.43. The zero-order chi connectivity index (χ0) is 60.7. The monoisotopic (exact) mass is 1210 g/mol. The highest BCUT2D eigenvalue weighted by molar-refractivity contribution is 8.02. The van der Waals surface area contributed by atoms with E-state index in [0.29, 0.717) is 0 Å². The summed E-state index contributed by atoms with van der Waals surface area (Å²) in [6.45, 7) is 22.2. The standard InChI is InChI=1S/C57H88N4O16S4/c1-53(2,3)41(62)29-78-37-25-45(66)58(49(37)70)17-13-21-74-33-57(34-75-22-14-18-59-46(67)26-38(50(59)71)79-30-42(63)54(4,5)6,35-76-23-15-19-60-47(68)27-39(51(60)72)80-31-43(64)55(7,8)9)36-77-24-16-20-61-48(69)28-40(52(61)73)81-32-44(65)56(10,11)12/h37-40H,13-36H2,1-12H3. The molecule has 20 nitrogen and oxygen atoms in total. The molecule has 456 valence electrons. The summed E-state index contributed by atoms with van der Waals surface area (Å²) < 4.78 is 25.1. The summed E-state index contributed by atoms with van der Waals surface area (Å²) in [5.74, 6) is -2.44. The van der Waals surface area contributed by atoms with Crippen LogP contribution in [0.5, 0.6) is 0 Å². The zero-order valence-electron chi connectivity index (χ0n) is 49.7. The number of amides is 8. The summed E-state index contributed by atoms with van der Waals surface area (Å²) in [7, 11) is 0. The molecule has 81 heavy (non-hydrogen) atoms. The molecule has 4 aliphatic heterocycles. The van der Waals surface area contributed by atoms with E-state index in [-0.39, 0.29) is 224 Å². The first-order valence-corrected chi connectivity index (χ1v) is 32.1. The molecule has 0 saturated carbocycles. The van der Waals surface area contributed by atoms with Gasteiger partial charge in [-0.25, -0.2) is 0 Å². The predicted octanol–water partition coefficient (Wildman–Crippen LogP) is 5.50. The third-order valence-corrected chi connectivity index (χ3v) is 18.9. The maximum atomic E-state index is 13.3. The number of hydrogen-bond acceptors (Lipinski definition) is 20. The number of carbonyl (C=O) groups excluding carboxylic acids is 12. The summed E-state index contributed by atoms with van der Waals surface area (Å²) in [5.41, 5.74) is -3.38. The Morgan fingerprint density at radius 2 is 0.543 bits per heavy atom. The Morgan fingerprint density at radius 3 is 0.716 bits per heavy atom. The number of thioether (sulfide) groups is 4. The molecule has 0 spiro atoms. The summed E-state index contributed by atoms with van der Waals surface area (Å²) in [5, 5.41) is -2.64. The number of nitrogens with zero attached hydrogens (tertiary/aromatic N) is 4. The van der Waals surface area contributed by atoms with Crippen molar-refractivity contribution < 1.29 is 76.5 Å². The largest absolute Gasteiger partial charge is 0.381 e. The second-order valence-electron chi connectivity index (χ2n) is 25.4. The van der Waals surface area contributed by atoms with E-state index in [1.54, 1.807) is 83.1 Å². The van der Waals surface area contributed by atoms with Gasteiger partial charge in [-0.05, 0) is 25.7 Å². The second-order valence-corrected chi connectivity index (χ2v) is 30.1. The molecular weight excluding hydrogens is 1120 g/mol. The molecule has 0 aliphatic carbocycles. The van der Waals surface area contributed by atoms with Crippen molar-refractivity contribution in [1.29, 1.82) is 0 Å². The Hall–Kier alpha value is -3.52. The quantitative estimate of drug-likeness (QED) is 0.0554. The van der Waals surface area contributed by atoms with Gasteiger partial charge < -0.3 is 18.9 Å². The van der Waals surface area contributed by atoms with Crippen molar-refractivity contribution in [3.8, 4) is 0 Å². The Morgan fingerprint density at radius 1 is 0.358 bits per heavy atom. The smallest absolute Gasteiger partial charge is 0.242 e. The average molecular weight is 1210 g/mol. The van der Waals surface area contributed by atoms with Crippen molar-refractivity contribution in [3.63, 3.8) is 0 Å². The van der Waals surface area contributed by atoms with Gasteiger partial charge in [0.25, 0.3) is 0 Å². The molecule has 4 unspecified atom stereocenters. The first-order chi connectivity index (χ1) is 37.7. The SMILES string of the molecule is CC(C)(C)C(=O)CSC1CC(=O)N(CCCOCC(COCCCN2C(=O)CC(SCC(=O)C(C)(C)C)C2=O)(COCCCN2C(=O)CC(SCC(=O)C(C)(C)C)C2=O)COCCCN2C(=O)CC(SCC(=O)C(C)(C)C)C2=O)C1=O. The third-order valence-electron chi connectivity index (χ3n) is 14.1. The highest BCUT2D eigenvalue weighted by atomic mass is 32.2. The van der Waals surface area contributed by atoms with Gasteiger partial charge in [-0.3, -0.25) is 77.1 Å². The molecule has 4 fully saturated rings. The van der Waals surface area contributed by atoms with Crippen LogP contribution in [0.4, 0.5) is 0 Å². The summed E-state index contributed by atoms with van der Waals surface area (Å²) >= 11 is 4.67. The van der Waals surface area contributed by atoms with E-state index in [2.05, 4.69) is 0 Å². The molecule has 0 N–H and O–H groups in total. The van der Waals surface area contributed by atoms with Crippen LogP contribution >= 0.6 is 47.0 Å². The molecule has 4 rings (SSSR count). The fourth-order valence-electron chi connectivity index (χ4n) is 8.35. The van der Waals surface area contributed by atoms with E-state index >= 15 is 0 Å². The maximum absolute atomic E-state index is 13.3. The normalized spacial score (nSPS) is 21.2. The lowest BCUT2D eigenvalue weighted by atomic mass is 9.92. The molecule has 4 heterocycles. The molecular formula is C57H88N4O16S4. The average Bonchev–Trinajstić information content (AvgIpc) is 4.01. The van der Waals surface area contributed by atoms with Gasteiger partial charge in [-0.1, -0.05) is 83.1 Å². The number of carbonyl (C=O) groups is 12. The van der Waals surface area contributed by atoms with Crippen molar-refractivity contribution in [3.05, 3.63) is 0 Å². The molecule has 0 bridgehead atoms. The van der Waals surface area contributed by atoms with Crippen LogP contribution in [0.15, 0.2) is 0 Å².